The third-order valence-electron chi connectivity index (χ3n) is 3.85. The molecule has 1 aromatic rings. The second kappa shape index (κ2) is 8.74. The molecule has 1 aliphatic heterocycles. The van der Waals surface area contributed by atoms with Crippen molar-refractivity contribution in [3.8, 4) is 0 Å². The Morgan fingerprint density at radius 3 is 2.64 bits per heavy atom. The van der Waals surface area contributed by atoms with Crippen molar-refractivity contribution < 1.29 is 9.59 Å². The molecule has 2 rings (SSSR count). The zero-order chi connectivity index (χ0) is 17.9. The number of rotatable bonds is 3. The fourth-order valence-corrected chi connectivity index (χ4v) is 2.97. The standard InChI is InChI=1S/C17H25ClN4O2.ClH/c1-17(2,3)21-16(24)20-11-6-7-14(18)13(9-11)15(23)22-8-4-5-12(22)10-19;/h6-7,9,12H,4-5,8,10,19H2,1-3H3,(H2,20,21,24);1H. The normalized spacial score (nSPS) is 17.0. The van der Waals surface area contributed by atoms with Gasteiger partial charge in [-0.1, -0.05) is 11.6 Å². The number of carbonyl (C=O) groups is 2. The summed E-state index contributed by atoms with van der Waals surface area (Å²) >= 11 is 6.20. The number of nitrogens with one attached hydrogen (secondary N) is 2. The van der Waals surface area contributed by atoms with E-state index in [1.807, 2.05) is 20.8 Å². The number of amides is 3. The molecule has 0 aliphatic carbocycles. The number of anilines is 1. The van der Waals surface area contributed by atoms with Gasteiger partial charge in [-0.05, 0) is 51.8 Å². The number of likely N-dealkylation sites (tertiary alicyclic amines) is 1. The third-order valence-corrected chi connectivity index (χ3v) is 4.18. The average Bonchev–Trinajstić information content (AvgIpc) is 2.95. The van der Waals surface area contributed by atoms with Gasteiger partial charge in [-0.2, -0.15) is 0 Å². The van der Waals surface area contributed by atoms with Crippen molar-refractivity contribution in [1.82, 2.24) is 10.2 Å². The van der Waals surface area contributed by atoms with Crippen molar-refractivity contribution in [3.63, 3.8) is 0 Å². The summed E-state index contributed by atoms with van der Waals surface area (Å²) in [6, 6.07) is 4.62. The highest BCUT2D eigenvalue weighted by atomic mass is 35.5. The summed E-state index contributed by atoms with van der Waals surface area (Å²) in [5, 5.41) is 5.91. The molecular formula is C17H26Cl2N4O2. The molecule has 25 heavy (non-hydrogen) atoms. The average molecular weight is 389 g/mol. The molecule has 0 saturated carbocycles. The monoisotopic (exact) mass is 388 g/mol. The number of nitrogens with zero attached hydrogens (tertiary/aromatic N) is 1. The summed E-state index contributed by atoms with van der Waals surface area (Å²) in [5.41, 5.74) is 6.29. The van der Waals surface area contributed by atoms with Crippen LogP contribution in [-0.4, -0.2) is 41.5 Å². The zero-order valence-electron chi connectivity index (χ0n) is 14.8. The summed E-state index contributed by atoms with van der Waals surface area (Å²) < 4.78 is 0. The fourth-order valence-electron chi connectivity index (χ4n) is 2.77. The van der Waals surface area contributed by atoms with E-state index in [4.69, 9.17) is 17.3 Å². The second-order valence-electron chi connectivity index (χ2n) is 7.05. The van der Waals surface area contributed by atoms with Gasteiger partial charge in [0.05, 0.1) is 10.6 Å². The Balaban J connectivity index is 0.00000312. The lowest BCUT2D eigenvalue weighted by atomic mass is 10.1. The van der Waals surface area contributed by atoms with Crippen LogP contribution in [0.3, 0.4) is 0 Å². The molecule has 0 radical (unpaired) electrons. The molecule has 0 bridgehead atoms. The number of urea groups is 1. The van der Waals surface area contributed by atoms with Crippen molar-refractivity contribution in [2.45, 2.75) is 45.2 Å². The fraction of sp³-hybridized carbons (Fsp3) is 0.529. The van der Waals surface area contributed by atoms with Crippen LogP contribution in [0.1, 0.15) is 44.0 Å². The lowest BCUT2D eigenvalue weighted by Crippen LogP contribution is -2.43. The number of benzene rings is 1. The molecule has 1 heterocycles. The van der Waals surface area contributed by atoms with E-state index in [9.17, 15) is 9.59 Å². The van der Waals surface area contributed by atoms with Crippen LogP contribution in [0.4, 0.5) is 10.5 Å². The van der Waals surface area contributed by atoms with Crippen LogP contribution in [0, 0.1) is 0 Å². The highest BCUT2D eigenvalue weighted by molar-refractivity contribution is 6.34. The Hall–Kier alpha value is -1.50. The largest absolute Gasteiger partial charge is 0.334 e. The van der Waals surface area contributed by atoms with Gasteiger partial charge >= 0.3 is 6.03 Å². The predicted octanol–water partition coefficient (Wildman–Crippen LogP) is 3.25. The van der Waals surface area contributed by atoms with E-state index >= 15 is 0 Å². The van der Waals surface area contributed by atoms with Crippen LogP contribution in [0.2, 0.25) is 5.02 Å². The predicted molar refractivity (Wildman–Crippen MR) is 104 cm³/mol. The summed E-state index contributed by atoms with van der Waals surface area (Å²) in [6.07, 6.45) is 1.85. The van der Waals surface area contributed by atoms with Gasteiger partial charge in [-0.25, -0.2) is 4.79 Å². The van der Waals surface area contributed by atoms with Crippen molar-refractivity contribution in [1.29, 1.82) is 0 Å². The lowest BCUT2D eigenvalue weighted by molar-refractivity contribution is 0.0741. The van der Waals surface area contributed by atoms with Gasteiger partial charge in [0, 0.05) is 30.4 Å². The molecule has 4 N–H and O–H groups in total. The van der Waals surface area contributed by atoms with Gasteiger partial charge in [0.2, 0.25) is 0 Å². The van der Waals surface area contributed by atoms with Crippen LogP contribution in [-0.2, 0) is 0 Å². The smallest absolute Gasteiger partial charge is 0.319 e. The van der Waals surface area contributed by atoms with Gasteiger partial charge in [-0.15, -0.1) is 12.4 Å². The summed E-state index contributed by atoms with van der Waals surface area (Å²) in [6.45, 7) is 6.80. The van der Waals surface area contributed by atoms with Crippen molar-refractivity contribution >= 4 is 41.6 Å². The van der Waals surface area contributed by atoms with E-state index in [1.165, 1.54) is 0 Å². The molecule has 8 heteroatoms. The maximum absolute atomic E-state index is 12.8. The Morgan fingerprint density at radius 2 is 2.04 bits per heavy atom. The van der Waals surface area contributed by atoms with Crippen molar-refractivity contribution in [2.24, 2.45) is 5.73 Å². The number of hydrogen-bond donors (Lipinski definition) is 3. The molecule has 1 aromatic carbocycles. The highest BCUT2D eigenvalue weighted by Crippen LogP contribution is 2.26. The topological polar surface area (TPSA) is 87.5 Å². The molecule has 0 spiro atoms. The van der Waals surface area contributed by atoms with Crippen LogP contribution in [0.25, 0.3) is 0 Å². The van der Waals surface area contributed by atoms with Crippen LogP contribution < -0.4 is 16.4 Å². The molecule has 140 valence electrons. The highest BCUT2D eigenvalue weighted by Gasteiger charge is 2.29. The summed E-state index contributed by atoms with van der Waals surface area (Å²) in [5.74, 6) is -0.146. The van der Waals surface area contributed by atoms with Crippen molar-refractivity contribution in [2.75, 3.05) is 18.4 Å². The molecule has 1 aliphatic rings. The van der Waals surface area contributed by atoms with Crippen LogP contribution in [0.5, 0.6) is 0 Å². The minimum absolute atomic E-state index is 0. The van der Waals surface area contributed by atoms with Crippen LogP contribution in [0.15, 0.2) is 18.2 Å². The van der Waals surface area contributed by atoms with E-state index in [0.29, 0.717) is 29.4 Å². The van der Waals surface area contributed by atoms with E-state index < -0.39 is 0 Å². The van der Waals surface area contributed by atoms with Gasteiger partial charge in [0.25, 0.3) is 5.91 Å². The van der Waals surface area contributed by atoms with Gasteiger partial charge in [-0.3, -0.25) is 4.79 Å². The number of hydrogen-bond acceptors (Lipinski definition) is 3. The minimum Gasteiger partial charge on any atom is -0.334 e. The summed E-state index contributed by atoms with van der Waals surface area (Å²) in [7, 11) is 0. The number of halogens is 2. The van der Waals surface area contributed by atoms with Crippen molar-refractivity contribution in [3.05, 3.63) is 28.8 Å². The molecule has 0 aromatic heterocycles. The first-order valence-corrected chi connectivity index (χ1v) is 8.49. The molecule has 3 amide bonds. The molecule has 1 unspecified atom stereocenters. The Bertz CT molecular complexity index is 632. The second-order valence-corrected chi connectivity index (χ2v) is 7.46. The maximum Gasteiger partial charge on any atom is 0.319 e. The molecule has 1 atom stereocenters. The molecule has 6 nitrogen and oxygen atoms in total. The maximum atomic E-state index is 12.8. The Labute approximate surface area is 159 Å². The van der Waals surface area contributed by atoms with Gasteiger partial charge < -0.3 is 21.3 Å². The molecule has 1 fully saturated rings. The van der Waals surface area contributed by atoms with Gasteiger partial charge in [0.1, 0.15) is 0 Å². The minimum atomic E-state index is -0.348. The van der Waals surface area contributed by atoms with Crippen LogP contribution >= 0.6 is 24.0 Å². The van der Waals surface area contributed by atoms with E-state index in [2.05, 4.69) is 10.6 Å². The Morgan fingerprint density at radius 1 is 1.36 bits per heavy atom. The lowest BCUT2D eigenvalue weighted by Gasteiger charge is -2.24. The summed E-state index contributed by atoms with van der Waals surface area (Å²) in [4.78, 5) is 26.5. The van der Waals surface area contributed by atoms with E-state index in [0.717, 1.165) is 12.8 Å². The first kappa shape index (κ1) is 21.5. The third kappa shape index (κ3) is 5.76. The quantitative estimate of drug-likeness (QED) is 0.742. The van der Waals surface area contributed by atoms with E-state index in [-0.39, 0.29) is 35.9 Å². The number of carbonyl (C=O) groups excluding carboxylic acids is 2. The SMILES string of the molecule is CC(C)(C)NC(=O)Nc1ccc(Cl)c(C(=O)N2CCCC2CN)c1.Cl. The molecular weight excluding hydrogens is 363 g/mol. The van der Waals surface area contributed by atoms with Gasteiger partial charge in [0.15, 0.2) is 0 Å². The number of nitrogens with two attached hydrogens (primary N) is 1. The zero-order valence-corrected chi connectivity index (χ0v) is 16.3. The first-order chi connectivity index (χ1) is 11.2. The molecule has 1 saturated heterocycles. The first-order valence-electron chi connectivity index (χ1n) is 8.11. The Kier molecular flexibility index (Phi) is 7.53. The van der Waals surface area contributed by atoms with E-state index in [1.54, 1.807) is 23.1 Å².